The fraction of sp³-hybridized carbons (Fsp3) is 0.269. The van der Waals surface area contributed by atoms with E-state index in [1.54, 1.807) is 12.3 Å². The van der Waals surface area contributed by atoms with E-state index in [-0.39, 0.29) is 11.8 Å². The van der Waals surface area contributed by atoms with Crippen molar-refractivity contribution in [3.8, 4) is 0 Å². The maximum Gasteiger partial charge on any atom is 0.262 e. The van der Waals surface area contributed by atoms with E-state index in [1.807, 2.05) is 54.0 Å². The van der Waals surface area contributed by atoms with Gasteiger partial charge in [0.2, 0.25) is 5.91 Å². The Hall–Kier alpha value is -3.65. The number of hydrogen-bond acceptors (Lipinski definition) is 5. The molecule has 3 aromatic heterocycles. The maximum absolute atomic E-state index is 13.3. The van der Waals surface area contributed by atoms with Crippen molar-refractivity contribution in [2.45, 2.75) is 31.8 Å². The van der Waals surface area contributed by atoms with Crippen molar-refractivity contribution in [1.82, 2.24) is 20.6 Å². The number of nitrogens with zero attached hydrogens (tertiary/aromatic N) is 2. The van der Waals surface area contributed by atoms with Crippen LogP contribution in [0, 0.1) is 0 Å². The van der Waals surface area contributed by atoms with Gasteiger partial charge in [-0.25, -0.2) is 4.98 Å². The fourth-order valence-electron chi connectivity index (χ4n) is 4.37. The number of H-pyrrole nitrogens is 1. The van der Waals surface area contributed by atoms with Crippen molar-refractivity contribution in [2.75, 3.05) is 18.0 Å². The molecule has 5 rings (SSSR count). The molecule has 4 heterocycles. The molecule has 1 fully saturated rings. The lowest BCUT2D eigenvalue weighted by atomic mass is 10.0. The molecule has 8 heteroatoms. The molecule has 0 radical (unpaired) electrons. The number of pyridine rings is 1. The molecule has 3 N–H and O–H groups in total. The monoisotopic (exact) mass is 473 g/mol. The number of fused-ring (bicyclic) bond motifs is 1. The first kappa shape index (κ1) is 22.2. The number of nitrogens with one attached hydrogen (secondary N) is 3. The topological polar surface area (TPSA) is 90.1 Å². The standard InChI is InChI=1S/C26H27N5O2S/c32-25(29-16-18-9-10-27-24(14-18)31-11-3-4-12-31)22(30-26(33)23-8-5-13-34-23)15-19-17-28-21-7-2-1-6-20(19)21/h1-2,5-10,13-14,17,22,28H,3-4,11-12,15-16H2,(H,29,32)(H,30,33). The van der Waals surface area contributed by atoms with Gasteiger partial charge < -0.3 is 20.5 Å². The van der Waals surface area contributed by atoms with Crippen molar-refractivity contribution in [3.05, 3.63) is 82.3 Å². The smallest absolute Gasteiger partial charge is 0.262 e. The summed E-state index contributed by atoms with van der Waals surface area (Å²) < 4.78 is 0. The van der Waals surface area contributed by atoms with Gasteiger partial charge in [0.1, 0.15) is 11.9 Å². The lowest BCUT2D eigenvalue weighted by molar-refractivity contribution is -0.123. The van der Waals surface area contributed by atoms with Crippen LogP contribution in [-0.2, 0) is 17.8 Å². The first-order valence-corrected chi connectivity index (χ1v) is 12.4. The van der Waals surface area contributed by atoms with Crippen molar-refractivity contribution >= 4 is 39.9 Å². The van der Waals surface area contributed by atoms with Crippen molar-refractivity contribution in [1.29, 1.82) is 0 Å². The van der Waals surface area contributed by atoms with Gasteiger partial charge in [0.05, 0.1) is 4.88 Å². The highest BCUT2D eigenvalue weighted by Gasteiger charge is 2.24. The Morgan fingerprint density at radius 2 is 1.97 bits per heavy atom. The van der Waals surface area contributed by atoms with Gasteiger partial charge in [-0.1, -0.05) is 24.3 Å². The zero-order chi connectivity index (χ0) is 23.3. The number of amides is 2. The van der Waals surface area contributed by atoms with Gasteiger partial charge in [-0.15, -0.1) is 11.3 Å². The molecular weight excluding hydrogens is 446 g/mol. The first-order chi connectivity index (χ1) is 16.7. The van der Waals surface area contributed by atoms with E-state index in [1.165, 1.54) is 24.2 Å². The summed E-state index contributed by atoms with van der Waals surface area (Å²) in [6.45, 7) is 2.41. The molecule has 0 saturated carbocycles. The number of aromatic amines is 1. The van der Waals surface area contributed by atoms with Crippen LogP contribution in [0.15, 0.2) is 66.3 Å². The molecule has 7 nitrogen and oxygen atoms in total. The van der Waals surface area contributed by atoms with Crippen LogP contribution in [0.3, 0.4) is 0 Å². The maximum atomic E-state index is 13.3. The highest BCUT2D eigenvalue weighted by Crippen LogP contribution is 2.21. The summed E-state index contributed by atoms with van der Waals surface area (Å²) in [6, 6.07) is 14.8. The third-order valence-electron chi connectivity index (χ3n) is 6.17. The molecule has 0 spiro atoms. The number of anilines is 1. The Morgan fingerprint density at radius 3 is 2.79 bits per heavy atom. The summed E-state index contributed by atoms with van der Waals surface area (Å²) in [4.78, 5) is 36.6. The van der Waals surface area contributed by atoms with Crippen LogP contribution in [0.25, 0.3) is 10.9 Å². The molecule has 0 aliphatic carbocycles. The molecule has 34 heavy (non-hydrogen) atoms. The second-order valence-electron chi connectivity index (χ2n) is 8.50. The van der Waals surface area contributed by atoms with Gasteiger partial charge >= 0.3 is 0 Å². The van der Waals surface area contributed by atoms with E-state index in [9.17, 15) is 9.59 Å². The lowest BCUT2D eigenvalue weighted by Crippen LogP contribution is -2.47. The molecular formula is C26H27N5O2S. The number of thiophene rings is 1. The molecule has 1 aromatic carbocycles. The molecule has 4 aromatic rings. The Balaban J connectivity index is 1.31. The molecule has 1 atom stereocenters. The average Bonchev–Trinajstić information content (AvgIpc) is 3.65. The van der Waals surface area contributed by atoms with Gasteiger partial charge in [0.15, 0.2) is 0 Å². The van der Waals surface area contributed by atoms with E-state index >= 15 is 0 Å². The zero-order valence-corrected chi connectivity index (χ0v) is 19.6. The van der Waals surface area contributed by atoms with E-state index < -0.39 is 6.04 Å². The van der Waals surface area contributed by atoms with Crippen molar-refractivity contribution < 1.29 is 9.59 Å². The van der Waals surface area contributed by atoms with E-state index in [2.05, 4.69) is 25.5 Å². The second-order valence-corrected chi connectivity index (χ2v) is 9.45. The molecule has 1 aliphatic heterocycles. The zero-order valence-electron chi connectivity index (χ0n) is 18.8. The van der Waals surface area contributed by atoms with Crippen molar-refractivity contribution in [2.24, 2.45) is 0 Å². The minimum absolute atomic E-state index is 0.213. The van der Waals surface area contributed by atoms with Gasteiger partial charge in [-0.3, -0.25) is 9.59 Å². The molecule has 2 amide bonds. The SMILES string of the molecule is O=C(NC(Cc1c[nH]c2ccccc12)C(=O)NCc1ccnc(N2CCCC2)c1)c1cccs1. The van der Waals surface area contributed by atoms with Crippen LogP contribution < -0.4 is 15.5 Å². The summed E-state index contributed by atoms with van der Waals surface area (Å²) in [5, 5.41) is 8.86. The third-order valence-corrected chi connectivity index (χ3v) is 7.04. The molecule has 1 saturated heterocycles. The summed E-state index contributed by atoms with van der Waals surface area (Å²) in [6.07, 6.45) is 6.46. The molecule has 1 unspecified atom stereocenters. The fourth-order valence-corrected chi connectivity index (χ4v) is 5.00. The average molecular weight is 474 g/mol. The van der Waals surface area contributed by atoms with E-state index in [0.717, 1.165) is 40.9 Å². The first-order valence-electron chi connectivity index (χ1n) is 11.5. The largest absolute Gasteiger partial charge is 0.361 e. The van der Waals surface area contributed by atoms with Crippen LogP contribution in [0.5, 0.6) is 0 Å². The van der Waals surface area contributed by atoms with Gasteiger partial charge in [0, 0.05) is 49.4 Å². The highest BCUT2D eigenvalue weighted by atomic mass is 32.1. The van der Waals surface area contributed by atoms with Crippen LogP contribution in [0.2, 0.25) is 0 Å². The van der Waals surface area contributed by atoms with Gasteiger partial charge in [-0.05, 0) is 53.6 Å². The third kappa shape index (κ3) is 4.97. The van der Waals surface area contributed by atoms with Crippen LogP contribution in [0.1, 0.15) is 33.6 Å². The summed E-state index contributed by atoms with van der Waals surface area (Å²) in [7, 11) is 0. The predicted octanol–water partition coefficient (Wildman–Crippen LogP) is 3.88. The lowest BCUT2D eigenvalue weighted by Gasteiger charge is -2.19. The van der Waals surface area contributed by atoms with E-state index in [0.29, 0.717) is 17.8 Å². The minimum Gasteiger partial charge on any atom is -0.361 e. The van der Waals surface area contributed by atoms with Gasteiger partial charge in [-0.2, -0.15) is 0 Å². The Kier molecular flexibility index (Phi) is 6.58. The minimum atomic E-state index is -0.700. The Bertz CT molecular complexity index is 1280. The summed E-state index contributed by atoms with van der Waals surface area (Å²) in [5.74, 6) is 0.496. The molecule has 1 aliphatic rings. The Labute approximate surface area is 202 Å². The normalized spacial score (nSPS) is 14.3. The highest BCUT2D eigenvalue weighted by molar-refractivity contribution is 7.12. The van der Waals surface area contributed by atoms with Crippen molar-refractivity contribution in [3.63, 3.8) is 0 Å². The number of carbonyl (C=O) groups is 2. The van der Waals surface area contributed by atoms with Crippen LogP contribution >= 0.6 is 11.3 Å². The molecule has 174 valence electrons. The summed E-state index contributed by atoms with van der Waals surface area (Å²) in [5.41, 5.74) is 2.98. The Morgan fingerprint density at radius 1 is 1.12 bits per heavy atom. The van der Waals surface area contributed by atoms with E-state index in [4.69, 9.17) is 0 Å². The number of hydrogen-bond donors (Lipinski definition) is 3. The quantitative estimate of drug-likeness (QED) is 0.362. The second kappa shape index (κ2) is 10.1. The summed E-state index contributed by atoms with van der Waals surface area (Å²) >= 11 is 1.36. The predicted molar refractivity (Wildman–Crippen MR) is 135 cm³/mol. The van der Waals surface area contributed by atoms with Gasteiger partial charge in [0.25, 0.3) is 5.91 Å². The van der Waals surface area contributed by atoms with Crippen LogP contribution in [-0.4, -0.2) is 40.9 Å². The number of carbonyl (C=O) groups excluding carboxylic acids is 2. The molecule has 0 bridgehead atoms. The number of benzene rings is 1. The number of para-hydroxylation sites is 1. The number of rotatable bonds is 8. The van der Waals surface area contributed by atoms with Crippen LogP contribution in [0.4, 0.5) is 5.82 Å². The number of aromatic nitrogens is 2.